The predicted molar refractivity (Wildman–Crippen MR) is 76.5 cm³/mol. The maximum absolute atomic E-state index is 5.37. The Bertz CT molecular complexity index is 408. The van der Waals surface area contributed by atoms with Gasteiger partial charge in [0.15, 0.2) is 0 Å². The third-order valence-electron chi connectivity index (χ3n) is 3.72. The second-order valence-electron chi connectivity index (χ2n) is 5.63. The van der Waals surface area contributed by atoms with Gasteiger partial charge in [0.05, 0.1) is 6.61 Å². The van der Waals surface area contributed by atoms with Gasteiger partial charge in [-0.05, 0) is 31.7 Å². The van der Waals surface area contributed by atoms with Gasteiger partial charge in [0.1, 0.15) is 0 Å². The van der Waals surface area contributed by atoms with Crippen molar-refractivity contribution in [2.24, 2.45) is 5.41 Å². The summed E-state index contributed by atoms with van der Waals surface area (Å²) in [6.07, 6.45) is 4.23. The fourth-order valence-corrected chi connectivity index (χ4v) is 2.47. The van der Waals surface area contributed by atoms with Crippen LogP contribution in [0.3, 0.4) is 0 Å². The molecule has 1 aromatic rings. The van der Waals surface area contributed by atoms with Gasteiger partial charge in [0, 0.05) is 24.8 Å². The van der Waals surface area contributed by atoms with Gasteiger partial charge in [-0.3, -0.25) is 0 Å². The van der Waals surface area contributed by atoms with Gasteiger partial charge in [0.2, 0.25) is 11.8 Å². The Morgan fingerprint density at radius 3 is 3.11 bits per heavy atom. The second-order valence-corrected chi connectivity index (χ2v) is 5.63. The summed E-state index contributed by atoms with van der Waals surface area (Å²) in [5, 5.41) is 6.87. The van der Waals surface area contributed by atoms with Crippen LogP contribution in [0.25, 0.3) is 0 Å². The summed E-state index contributed by atoms with van der Waals surface area (Å²) in [5.74, 6) is 1.25. The van der Waals surface area contributed by atoms with Crippen molar-refractivity contribution >= 4 is 5.95 Å². The first-order valence-electron chi connectivity index (χ1n) is 7.05. The van der Waals surface area contributed by atoms with Crippen molar-refractivity contribution in [3.63, 3.8) is 0 Å². The molecule has 1 aliphatic rings. The molecule has 0 radical (unpaired) electrons. The molecule has 0 aromatic carbocycles. The highest BCUT2D eigenvalue weighted by Crippen LogP contribution is 2.29. The molecule has 5 heteroatoms. The molecule has 19 heavy (non-hydrogen) atoms. The van der Waals surface area contributed by atoms with Crippen LogP contribution in [0.4, 0.5) is 5.95 Å². The number of nitrogens with one attached hydrogen (secondary N) is 2. The number of piperidine rings is 1. The molecule has 0 aliphatic carbocycles. The summed E-state index contributed by atoms with van der Waals surface area (Å²) >= 11 is 0. The summed E-state index contributed by atoms with van der Waals surface area (Å²) in [6, 6.07) is 2.22. The SMILES string of the molecule is CCOc1ccnc(NCC2NCCCC2(C)C)n1. The highest BCUT2D eigenvalue weighted by molar-refractivity contribution is 5.28. The van der Waals surface area contributed by atoms with E-state index >= 15 is 0 Å². The van der Waals surface area contributed by atoms with Crippen LogP contribution in [0.1, 0.15) is 33.6 Å². The van der Waals surface area contributed by atoms with Crippen LogP contribution in [-0.4, -0.2) is 35.7 Å². The van der Waals surface area contributed by atoms with Crippen LogP contribution in [0.2, 0.25) is 0 Å². The van der Waals surface area contributed by atoms with E-state index in [0.29, 0.717) is 29.9 Å². The van der Waals surface area contributed by atoms with Crippen LogP contribution in [0.5, 0.6) is 5.88 Å². The molecule has 106 valence electrons. The van der Waals surface area contributed by atoms with Crippen molar-refractivity contribution in [1.82, 2.24) is 15.3 Å². The van der Waals surface area contributed by atoms with Crippen LogP contribution >= 0.6 is 0 Å². The molecule has 0 bridgehead atoms. The largest absolute Gasteiger partial charge is 0.478 e. The predicted octanol–water partition coefficient (Wildman–Crippen LogP) is 2.07. The first-order valence-corrected chi connectivity index (χ1v) is 7.05. The molecule has 2 rings (SSSR count). The van der Waals surface area contributed by atoms with E-state index in [2.05, 4.69) is 34.4 Å². The normalized spacial score (nSPS) is 21.9. The van der Waals surface area contributed by atoms with Gasteiger partial charge in [-0.25, -0.2) is 4.98 Å². The zero-order valence-corrected chi connectivity index (χ0v) is 12.1. The average molecular weight is 264 g/mol. The molecular formula is C14H24N4O. The minimum Gasteiger partial charge on any atom is -0.478 e. The Labute approximate surface area is 115 Å². The number of aromatic nitrogens is 2. The van der Waals surface area contributed by atoms with Gasteiger partial charge in [-0.1, -0.05) is 13.8 Å². The first kappa shape index (κ1) is 14.1. The van der Waals surface area contributed by atoms with Crippen molar-refractivity contribution in [3.05, 3.63) is 12.3 Å². The standard InChI is InChI=1S/C14H24N4O/c1-4-19-12-6-9-16-13(18-12)17-10-11-14(2,3)7-5-8-15-11/h6,9,11,15H,4-5,7-8,10H2,1-3H3,(H,16,17,18). The monoisotopic (exact) mass is 264 g/mol. The summed E-state index contributed by atoms with van der Waals surface area (Å²) in [4.78, 5) is 8.55. The molecule has 1 fully saturated rings. The minimum absolute atomic E-state index is 0.308. The van der Waals surface area contributed by atoms with E-state index in [1.54, 1.807) is 12.3 Å². The Morgan fingerprint density at radius 2 is 2.37 bits per heavy atom. The number of anilines is 1. The number of nitrogens with zero attached hydrogens (tertiary/aromatic N) is 2. The zero-order valence-electron chi connectivity index (χ0n) is 12.1. The average Bonchev–Trinajstić information content (AvgIpc) is 2.38. The number of rotatable bonds is 5. The van der Waals surface area contributed by atoms with Crippen LogP contribution < -0.4 is 15.4 Å². The molecule has 5 nitrogen and oxygen atoms in total. The van der Waals surface area contributed by atoms with E-state index in [1.807, 2.05) is 6.92 Å². The molecule has 2 N–H and O–H groups in total. The van der Waals surface area contributed by atoms with Crippen molar-refractivity contribution < 1.29 is 4.74 Å². The molecule has 0 amide bonds. The lowest BCUT2D eigenvalue weighted by atomic mass is 9.77. The summed E-state index contributed by atoms with van der Waals surface area (Å²) < 4.78 is 5.37. The van der Waals surface area contributed by atoms with Gasteiger partial charge in [-0.15, -0.1) is 0 Å². The number of hydrogen-bond donors (Lipinski definition) is 2. The van der Waals surface area contributed by atoms with Crippen molar-refractivity contribution in [2.45, 2.75) is 39.7 Å². The highest BCUT2D eigenvalue weighted by Gasteiger charge is 2.31. The zero-order chi connectivity index (χ0) is 13.7. The van der Waals surface area contributed by atoms with E-state index in [9.17, 15) is 0 Å². The lowest BCUT2D eigenvalue weighted by Crippen LogP contribution is -2.50. The van der Waals surface area contributed by atoms with E-state index in [1.165, 1.54) is 12.8 Å². The van der Waals surface area contributed by atoms with Crippen LogP contribution in [-0.2, 0) is 0 Å². The van der Waals surface area contributed by atoms with Crippen molar-refractivity contribution in [1.29, 1.82) is 0 Å². The third kappa shape index (κ3) is 3.80. The molecule has 0 spiro atoms. The molecular weight excluding hydrogens is 240 g/mol. The van der Waals surface area contributed by atoms with Crippen molar-refractivity contribution in [3.8, 4) is 5.88 Å². The first-order chi connectivity index (χ1) is 9.12. The smallest absolute Gasteiger partial charge is 0.225 e. The maximum Gasteiger partial charge on any atom is 0.225 e. The van der Waals surface area contributed by atoms with Gasteiger partial charge in [-0.2, -0.15) is 4.98 Å². The van der Waals surface area contributed by atoms with E-state index < -0.39 is 0 Å². The summed E-state index contributed by atoms with van der Waals surface area (Å²) in [5.41, 5.74) is 0.308. The molecule has 1 saturated heterocycles. The number of ether oxygens (including phenoxy) is 1. The van der Waals surface area contributed by atoms with Gasteiger partial charge >= 0.3 is 0 Å². The Kier molecular flexibility index (Phi) is 4.58. The molecule has 1 aromatic heterocycles. The van der Waals surface area contributed by atoms with Gasteiger partial charge in [0.25, 0.3) is 0 Å². The lowest BCUT2D eigenvalue weighted by Gasteiger charge is -2.39. The van der Waals surface area contributed by atoms with E-state index in [4.69, 9.17) is 4.74 Å². The topological polar surface area (TPSA) is 59.1 Å². The lowest BCUT2D eigenvalue weighted by molar-refractivity contribution is 0.188. The summed E-state index contributed by atoms with van der Waals surface area (Å²) in [6.45, 7) is 9.11. The Hall–Kier alpha value is -1.36. The second kappa shape index (κ2) is 6.19. The quantitative estimate of drug-likeness (QED) is 0.852. The van der Waals surface area contributed by atoms with Crippen molar-refractivity contribution in [2.75, 3.05) is 25.0 Å². The van der Waals surface area contributed by atoms with E-state index in [0.717, 1.165) is 13.1 Å². The fourth-order valence-electron chi connectivity index (χ4n) is 2.47. The molecule has 2 heterocycles. The Morgan fingerprint density at radius 1 is 1.53 bits per heavy atom. The molecule has 1 atom stereocenters. The minimum atomic E-state index is 0.308. The number of hydrogen-bond acceptors (Lipinski definition) is 5. The maximum atomic E-state index is 5.37. The fraction of sp³-hybridized carbons (Fsp3) is 0.714. The highest BCUT2D eigenvalue weighted by atomic mass is 16.5. The third-order valence-corrected chi connectivity index (χ3v) is 3.72. The Balaban J connectivity index is 1.92. The van der Waals surface area contributed by atoms with E-state index in [-0.39, 0.29) is 0 Å². The molecule has 1 unspecified atom stereocenters. The van der Waals surface area contributed by atoms with Crippen LogP contribution in [0, 0.1) is 5.41 Å². The molecule has 1 aliphatic heterocycles. The van der Waals surface area contributed by atoms with Gasteiger partial charge < -0.3 is 15.4 Å². The summed E-state index contributed by atoms with van der Waals surface area (Å²) in [7, 11) is 0. The molecule has 0 saturated carbocycles. The van der Waals surface area contributed by atoms with Crippen LogP contribution in [0.15, 0.2) is 12.3 Å².